The summed E-state index contributed by atoms with van der Waals surface area (Å²) in [5.74, 6) is -0.317. The molecule has 0 amide bonds. The van der Waals surface area contributed by atoms with Gasteiger partial charge < -0.3 is 28.4 Å². The largest absolute Gasteiger partial charge is 0.463 e. The summed E-state index contributed by atoms with van der Waals surface area (Å²) in [6.45, 7) is 5.05. The van der Waals surface area contributed by atoms with Crippen LogP contribution in [0.2, 0.25) is 0 Å². The Kier molecular flexibility index (Phi) is 7.71. The molecular formula is C25H36O10. The van der Waals surface area contributed by atoms with Crippen molar-refractivity contribution in [3.8, 4) is 0 Å². The molecule has 0 spiro atoms. The number of carbonyl (C=O) groups excluding carboxylic acids is 4. The summed E-state index contributed by atoms with van der Waals surface area (Å²) < 4.78 is 33.9. The third-order valence-corrected chi connectivity index (χ3v) is 7.67. The third-order valence-electron chi connectivity index (χ3n) is 7.67. The van der Waals surface area contributed by atoms with Crippen molar-refractivity contribution in [3.63, 3.8) is 0 Å². The fourth-order valence-electron chi connectivity index (χ4n) is 7.05. The van der Waals surface area contributed by atoms with E-state index in [-0.39, 0.29) is 12.0 Å². The number of carbonyl (C=O) groups is 4. The molecule has 5 aliphatic rings. The highest BCUT2D eigenvalue weighted by molar-refractivity contribution is 5.68. The zero-order chi connectivity index (χ0) is 25.3. The Hall–Kier alpha value is -2.20. The summed E-state index contributed by atoms with van der Waals surface area (Å²) in [4.78, 5) is 47.3. The molecule has 0 aromatic heterocycles. The van der Waals surface area contributed by atoms with Crippen LogP contribution in [0.25, 0.3) is 0 Å². The fourth-order valence-corrected chi connectivity index (χ4v) is 7.05. The van der Waals surface area contributed by atoms with Gasteiger partial charge in [0.25, 0.3) is 0 Å². The van der Waals surface area contributed by atoms with Gasteiger partial charge in [-0.15, -0.1) is 0 Å². The van der Waals surface area contributed by atoms with Crippen LogP contribution in [0.3, 0.4) is 0 Å². The third kappa shape index (κ3) is 6.14. The standard InChI is InChI=1S/C25H36O10/c1-13(26)30-11-20-21(32-14(2)27)22(33-15(3)28)23(34-16(4)29)24(35-20)31-12-25-8-17-5-18(9-25)7-19(6-17)10-25/h17-24H,5-12H2,1-4H3/t17?,18?,19?,20-,21-,22+,23+,24-,25?/m1/s1. The van der Waals surface area contributed by atoms with Gasteiger partial charge in [0.15, 0.2) is 24.6 Å². The minimum absolute atomic E-state index is 0.0495. The molecule has 0 aromatic rings. The van der Waals surface area contributed by atoms with Gasteiger partial charge >= 0.3 is 23.9 Å². The Morgan fingerprint density at radius 1 is 0.714 bits per heavy atom. The highest BCUT2D eigenvalue weighted by Gasteiger charge is 2.55. The molecule has 4 saturated carbocycles. The summed E-state index contributed by atoms with van der Waals surface area (Å²) in [5, 5.41) is 0. The van der Waals surface area contributed by atoms with Gasteiger partial charge in [0, 0.05) is 27.7 Å². The molecule has 5 fully saturated rings. The summed E-state index contributed by atoms with van der Waals surface area (Å²) in [6.07, 6.45) is 1.57. The maximum atomic E-state index is 12.0. The van der Waals surface area contributed by atoms with E-state index in [9.17, 15) is 19.2 Å². The Labute approximate surface area is 205 Å². The van der Waals surface area contributed by atoms with Gasteiger partial charge in [0.1, 0.15) is 12.7 Å². The second-order valence-electron chi connectivity index (χ2n) is 10.8. The Morgan fingerprint density at radius 3 is 1.69 bits per heavy atom. The number of esters is 4. The molecule has 5 rings (SSSR count). The first kappa shape index (κ1) is 25.9. The van der Waals surface area contributed by atoms with E-state index >= 15 is 0 Å². The average molecular weight is 497 g/mol. The zero-order valence-corrected chi connectivity index (χ0v) is 20.9. The van der Waals surface area contributed by atoms with E-state index in [0.29, 0.717) is 6.61 Å². The van der Waals surface area contributed by atoms with Crippen molar-refractivity contribution in [1.82, 2.24) is 0 Å². The van der Waals surface area contributed by atoms with Crippen LogP contribution in [0.4, 0.5) is 0 Å². The minimum Gasteiger partial charge on any atom is -0.463 e. The average Bonchev–Trinajstić information content (AvgIpc) is 2.72. The summed E-state index contributed by atoms with van der Waals surface area (Å²) >= 11 is 0. The smallest absolute Gasteiger partial charge is 0.303 e. The number of hydrogen-bond donors (Lipinski definition) is 0. The SMILES string of the molecule is CC(=O)OC[C@H]1O[C@@H](OCC23CC4CC(CC(C4)C2)C3)[C@@H](OC(C)=O)[C@@H](OC(C)=O)[C@@H]1OC(C)=O. The lowest BCUT2D eigenvalue weighted by molar-refractivity contribution is -0.315. The zero-order valence-electron chi connectivity index (χ0n) is 20.9. The van der Waals surface area contributed by atoms with Gasteiger partial charge in [-0.2, -0.15) is 0 Å². The summed E-state index contributed by atoms with van der Waals surface area (Å²) in [7, 11) is 0. The molecular weight excluding hydrogens is 460 g/mol. The van der Waals surface area contributed by atoms with Crippen LogP contribution in [-0.2, 0) is 47.6 Å². The van der Waals surface area contributed by atoms with E-state index in [1.54, 1.807) is 0 Å². The molecule has 0 unspecified atom stereocenters. The molecule has 35 heavy (non-hydrogen) atoms. The first-order valence-electron chi connectivity index (χ1n) is 12.5. The summed E-state index contributed by atoms with van der Waals surface area (Å²) in [6, 6.07) is 0. The fraction of sp³-hybridized carbons (Fsp3) is 0.840. The van der Waals surface area contributed by atoms with Crippen molar-refractivity contribution in [2.45, 2.75) is 96.9 Å². The molecule has 10 nitrogen and oxygen atoms in total. The second-order valence-corrected chi connectivity index (χ2v) is 10.8. The van der Waals surface area contributed by atoms with Gasteiger partial charge in [-0.25, -0.2) is 0 Å². The Bertz CT molecular complexity index is 803. The van der Waals surface area contributed by atoms with Crippen LogP contribution in [0.1, 0.15) is 66.2 Å². The molecule has 0 N–H and O–H groups in total. The monoisotopic (exact) mass is 496 g/mol. The topological polar surface area (TPSA) is 124 Å². The highest BCUT2D eigenvalue weighted by atomic mass is 16.7. The maximum absolute atomic E-state index is 12.0. The van der Waals surface area contributed by atoms with Crippen LogP contribution in [0.5, 0.6) is 0 Å². The minimum atomic E-state index is -1.20. The molecule has 10 heteroatoms. The van der Waals surface area contributed by atoms with Crippen LogP contribution < -0.4 is 0 Å². The van der Waals surface area contributed by atoms with Crippen molar-refractivity contribution in [2.75, 3.05) is 13.2 Å². The van der Waals surface area contributed by atoms with Crippen molar-refractivity contribution in [3.05, 3.63) is 0 Å². The van der Waals surface area contributed by atoms with Gasteiger partial charge in [-0.1, -0.05) is 0 Å². The van der Waals surface area contributed by atoms with Gasteiger partial charge in [-0.05, 0) is 61.7 Å². The molecule has 1 aliphatic heterocycles. The molecule has 4 bridgehead atoms. The summed E-state index contributed by atoms with van der Waals surface area (Å²) in [5.41, 5.74) is 0.0495. The van der Waals surface area contributed by atoms with Gasteiger partial charge in [0.2, 0.25) is 0 Å². The molecule has 5 atom stereocenters. The molecule has 1 saturated heterocycles. The predicted octanol–water partition coefficient (Wildman–Crippen LogP) is 2.30. The number of hydrogen-bond acceptors (Lipinski definition) is 10. The van der Waals surface area contributed by atoms with Crippen molar-refractivity contribution < 1.29 is 47.6 Å². The van der Waals surface area contributed by atoms with E-state index in [2.05, 4.69) is 0 Å². The van der Waals surface area contributed by atoms with E-state index in [1.165, 1.54) is 47.0 Å². The van der Waals surface area contributed by atoms with Gasteiger partial charge in [-0.3, -0.25) is 19.2 Å². The van der Waals surface area contributed by atoms with Crippen molar-refractivity contribution in [2.24, 2.45) is 23.2 Å². The van der Waals surface area contributed by atoms with Crippen LogP contribution in [0, 0.1) is 23.2 Å². The maximum Gasteiger partial charge on any atom is 0.303 e. The lowest BCUT2D eigenvalue weighted by Gasteiger charge is -2.57. The molecule has 4 aliphatic carbocycles. The Balaban J connectivity index is 1.57. The number of ether oxygens (including phenoxy) is 6. The second kappa shape index (κ2) is 10.4. The van der Waals surface area contributed by atoms with Crippen molar-refractivity contribution >= 4 is 23.9 Å². The quantitative estimate of drug-likeness (QED) is 0.365. The normalized spacial score (nSPS) is 39.5. The molecule has 0 radical (unpaired) electrons. The first-order chi connectivity index (χ1) is 16.5. The van der Waals surface area contributed by atoms with E-state index < -0.39 is 54.6 Å². The van der Waals surface area contributed by atoms with E-state index in [0.717, 1.165) is 37.0 Å². The lowest BCUT2D eigenvalue weighted by atomic mass is 9.50. The van der Waals surface area contributed by atoms with E-state index in [1.807, 2.05) is 0 Å². The van der Waals surface area contributed by atoms with Gasteiger partial charge in [0.05, 0.1) is 6.61 Å². The van der Waals surface area contributed by atoms with Crippen LogP contribution in [0.15, 0.2) is 0 Å². The van der Waals surface area contributed by atoms with Crippen LogP contribution in [-0.4, -0.2) is 67.8 Å². The van der Waals surface area contributed by atoms with Crippen molar-refractivity contribution in [1.29, 1.82) is 0 Å². The van der Waals surface area contributed by atoms with Crippen LogP contribution >= 0.6 is 0 Å². The van der Waals surface area contributed by atoms with E-state index in [4.69, 9.17) is 28.4 Å². The predicted molar refractivity (Wildman–Crippen MR) is 119 cm³/mol. The lowest BCUT2D eigenvalue weighted by Crippen LogP contribution is -2.63. The molecule has 196 valence electrons. The highest BCUT2D eigenvalue weighted by Crippen LogP contribution is 2.60. The number of rotatable bonds is 8. The molecule has 1 heterocycles. The first-order valence-corrected chi connectivity index (χ1v) is 12.5. The Morgan fingerprint density at radius 2 is 1.20 bits per heavy atom. The molecule has 0 aromatic carbocycles.